The highest BCUT2D eigenvalue weighted by atomic mass is 35.5. The van der Waals surface area contributed by atoms with Crippen LogP contribution in [0.1, 0.15) is 51.4 Å². The lowest BCUT2D eigenvalue weighted by atomic mass is 9.69. The predicted molar refractivity (Wildman–Crippen MR) is 115 cm³/mol. The lowest BCUT2D eigenvalue weighted by Gasteiger charge is -2.34. The SMILES string of the molecule is O=C(Nc1ccc(NC(=O)C2C3C=CCC2(C(=O)O)CC3)cc1Cl)C1CCCCC1. The van der Waals surface area contributed by atoms with Crippen LogP contribution in [0, 0.1) is 23.2 Å². The number of benzene rings is 1. The molecular weight excluding hydrogens is 404 g/mol. The van der Waals surface area contributed by atoms with Crippen LogP contribution in [0.2, 0.25) is 5.02 Å². The van der Waals surface area contributed by atoms with E-state index >= 15 is 0 Å². The molecule has 3 aliphatic rings. The number of hydrogen-bond acceptors (Lipinski definition) is 3. The molecule has 2 bridgehead atoms. The van der Waals surface area contributed by atoms with E-state index in [9.17, 15) is 19.5 Å². The van der Waals surface area contributed by atoms with Gasteiger partial charge in [0, 0.05) is 11.6 Å². The van der Waals surface area contributed by atoms with Gasteiger partial charge in [-0.3, -0.25) is 14.4 Å². The lowest BCUT2D eigenvalue weighted by molar-refractivity contribution is -0.154. The number of halogens is 1. The number of fused-ring (bicyclic) bond motifs is 2. The number of aliphatic carboxylic acids is 1. The number of rotatable bonds is 5. The lowest BCUT2D eigenvalue weighted by Crippen LogP contribution is -2.44. The van der Waals surface area contributed by atoms with Gasteiger partial charge in [-0.2, -0.15) is 0 Å². The quantitative estimate of drug-likeness (QED) is 0.581. The zero-order chi connectivity index (χ0) is 21.3. The van der Waals surface area contributed by atoms with Gasteiger partial charge in [-0.05, 0) is 56.2 Å². The molecule has 0 saturated heterocycles. The molecule has 6 nitrogen and oxygen atoms in total. The Balaban J connectivity index is 1.44. The van der Waals surface area contributed by atoms with Crippen molar-refractivity contribution in [2.24, 2.45) is 23.2 Å². The number of hydrogen-bond donors (Lipinski definition) is 3. The van der Waals surface area contributed by atoms with Crippen LogP contribution in [-0.2, 0) is 14.4 Å². The van der Waals surface area contributed by atoms with E-state index in [1.165, 1.54) is 6.42 Å². The van der Waals surface area contributed by atoms with Crippen molar-refractivity contribution in [2.45, 2.75) is 51.4 Å². The van der Waals surface area contributed by atoms with Crippen molar-refractivity contribution < 1.29 is 19.5 Å². The summed E-state index contributed by atoms with van der Waals surface area (Å²) in [6, 6.07) is 4.97. The summed E-state index contributed by atoms with van der Waals surface area (Å²) in [6.45, 7) is 0. The van der Waals surface area contributed by atoms with Crippen molar-refractivity contribution in [3.63, 3.8) is 0 Å². The van der Waals surface area contributed by atoms with Crippen LogP contribution in [0.15, 0.2) is 30.4 Å². The van der Waals surface area contributed by atoms with E-state index in [0.29, 0.717) is 35.7 Å². The first kappa shape index (κ1) is 20.9. The molecule has 3 aliphatic carbocycles. The zero-order valence-electron chi connectivity index (χ0n) is 16.8. The van der Waals surface area contributed by atoms with Gasteiger partial charge >= 0.3 is 5.97 Å². The van der Waals surface area contributed by atoms with Crippen molar-refractivity contribution in [1.82, 2.24) is 0 Å². The zero-order valence-corrected chi connectivity index (χ0v) is 17.6. The number of carboxylic acids is 1. The average Bonchev–Trinajstić information content (AvgIpc) is 2.97. The summed E-state index contributed by atoms with van der Waals surface area (Å²) in [4.78, 5) is 37.4. The second-order valence-electron chi connectivity index (χ2n) is 8.78. The van der Waals surface area contributed by atoms with E-state index in [1.54, 1.807) is 18.2 Å². The van der Waals surface area contributed by atoms with Gasteiger partial charge in [-0.15, -0.1) is 0 Å². The molecule has 1 aromatic rings. The van der Waals surface area contributed by atoms with E-state index < -0.39 is 17.3 Å². The third-order valence-electron chi connectivity index (χ3n) is 6.99. The van der Waals surface area contributed by atoms with Gasteiger partial charge in [0.25, 0.3) is 0 Å². The first-order chi connectivity index (χ1) is 14.4. The van der Waals surface area contributed by atoms with Gasteiger partial charge in [0.05, 0.1) is 22.0 Å². The number of nitrogens with one attached hydrogen (secondary N) is 2. The Morgan fingerprint density at radius 1 is 1.03 bits per heavy atom. The van der Waals surface area contributed by atoms with Crippen molar-refractivity contribution in [1.29, 1.82) is 0 Å². The van der Waals surface area contributed by atoms with Crippen LogP contribution < -0.4 is 10.6 Å². The molecule has 3 unspecified atom stereocenters. The van der Waals surface area contributed by atoms with Crippen LogP contribution in [0.25, 0.3) is 0 Å². The van der Waals surface area contributed by atoms with Gasteiger partial charge in [-0.1, -0.05) is 43.0 Å². The number of anilines is 2. The summed E-state index contributed by atoms with van der Waals surface area (Å²) < 4.78 is 0. The fraction of sp³-hybridized carbons (Fsp3) is 0.522. The topological polar surface area (TPSA) is 95.5 Å². The smallest absolute Gasteiger partial charge is 0.310 e. The largest absolute Gasteiger partial charge is 0.481 e. The summed E-state index contributed by atoms with van der Waals surface area (Å²) in [5.41, 5.74) is -0.00985. The Morgan fingerprint density at radius 3 is 2.50 bits per heavy atom. The highest BCUT2D eigenvalue weighted by Gasteiger charge is 2.57. The molecule has 2 saturated carbocycles. The molecule has 0 spiro atoms. The first-order valence-corrected chi connectivity index (χ1v) is 11.1. The Hall–Kier alpha value is -2.34. The summed E-state index contributed by atoms with van der Waals surface area (Å²) in [5, 5.41) is 15.9. The second kappa shape index (κ2) is 8.42. The van der Waals surface area contributed by atoms with Crippen LogP contribution in [0.5, 0.6) is 0 Å². The van der Waals surface area contributed by atoms with Crippen molar-refractivity contribution in [2.75, 3.05) is 10.6 Å². The minimum Gasteiger partial charge on any atom is -0.481 e. The Bertz CT molecular complexity index is 893. The Morgan fingerprint density at radius 2 is 1.80 bits per heavy atom. The van der Waals surface area contributed by atoms with Crippen molar-refractivity contribution >= 4 is 40.8 Å². The number of carbonyl (C=O) groups excluding carboxylic acids is 2. The summed E-state index contributed by atoms with van der Waals surface area (Å²) in [5.74, 6) is -1.84. The number of amides is 2. The number of allylic oxidation sites excluding steroid dienone is 2. The highest BCUT2D eigenvalue weighted by Crippen LogP contribution is 2.53. The van der Waals surface area contributed by atoms with E-state index in [2.05, 4.69) is 10.6 Å². The molecule has 3 N–H and O–H groups in total. The van der Waals surface area contributed by atoms with Crippen LogP contribution in [0.4, 0.5) is 11.4 Å². The van der Waals surface area contributed by atoms with Gasteiger partial charge in [0.2, 0.25) is 11.8 Å². The maximum absolute atomic E-state index is 13.0. The molecule has 0 radical (unpaired) electrons. The molecule has 0 aromatic heterocycles. The molecule has 7 heteroatoms. The maximum atomic E-state index is 13.0. The van der Waals surface area contributed by atoms with Crippen LogP contribution >= 0.6 is 11.6 Å². The predicted octanol–water partition coefficient (Wildman–Crippen LogP) is 4.85. The average molecular weight is 431 g/mol. The fourth-order valence-corrected chi connectivity index (χ4v) is 5.56. The van der Waals surface area contributed by atoms with Gasteiger partial charge in [0.15, 0.2) is 0 Å². The van der Waals surface area contributed by atoms with Crippen molar-refractivity contribution in [3.8, 4) is 0 Å². The van der Waals surface area contributed by atoms with E-state index in [-0.39, 0.29) is 23.7 Å². The molecule has 30 heavy (non-hydrogen) atoms. The minimum absolute atomic E-state index is 0.0117. The molecule has 3 atom stereocenters. The Kier molecular flexibility index (Phi) is 5.87. The minimum atomic E-state index is -1.03. The van der Waals surface area contributed by atoms with Gasteiger partial charge in [0.1, 0.15) is 0 Å². The Labute approximate surface area is 181 Å². The number of carbonyl (C=O) groups is 3. The molecule has 160 valence electrons. The monoisotopic (exact) mass is 430 g/mol. The normalized spacial score (nSPS) is 28.2. The fourth-order valence-electron chi connectivity index (χ4n) is 5.33. The van der Waals surface area contributed by atoms with Gasteiger partial charge < -0.3 is 15.7 Å². The standard InChI is InChI=1S/C23H27ClN2O4/c24-17-13-16(8-9-18(17)26-20(27)15-5-2-1-3-6-15)25-21(28)19-14-7-4-11-23(19,12-10-14)22(29)30/h4,7-9,13-15,19H,1-3,5-6,10-12H2,(H,25,28)(H,26,27)(H,29,30). The number of carboxylic acid groups (broad SMARTS) is 1. The third kappa shape index (κ3) is 3.85. The van der Waals surface area contributed by atoms with Gasteiger partial charge in [-0.25, -0.2) is 0 Å². The van der Waals surface area contributed by atoms with E-state index in [0.717, 1.165) is 25.7 Å². The van der Waals surface area contributed by atoms with Crippen LogP contribution in [-0.4, -0.2) is 22.9 Å². The molecular formula is C23H27ClN2O4. The summed E-state index contributed by atoms with van der Waals surface area (Å²) in [6.07, 6.45) is 10.6. The second-order valence-corrected chi connectivity index (χ2v) is 9.19. The molecule has 1 aromatic carbocycles. The molecule has 4 rings (SSSR count). The third-order valence-corrected chi connectivity index (χ3v) is 7.30. The summed E-state index contributed by atoms with van der Waals surface area (Å²) >= 11 is 6.36. The molecule has 0 aliphatic heterocycles. The first-order valence-electron chi connectivity index (χ1n) is 10.7. The molecule has 2 amide bonds. The van der Waals surface area contributed by atoms with Crippen LogP contribution in [0.3, 0.4) is 0 Å². The molecule has 2 fully saturated rings. The van der Waals surface area contributed by atoms with E-state index in [1.807, 2.05) is 12.2 Å². The van der Waals surface area contributed by atoms with Crippen molar-refractivity contribution in [3.05, 3.63) is 35.4 Å². The highest BCUT2D eigenvalue weighted by molar-refractivity contribution is 6.34. The maximum Gasteiger partial charge on any atom is 0.310 e. The summed E-state index contributed by atoms with van der Waals surface area (Å²) in [7, 11) is 0. The van der Waals surface area contributed by atoms with E-state index in [4.69, 9.17) is 11.6 Å². The molecule has 0 heterocycles.